The first-order valence-corrected chi connectivity index (χ1v) is 9.47. The van der Waals surface area contributed by atoms with Crippen LogP contribution in [-0.2, 0) is 6.61 Å². The van der Waals surface area contributed by atoms with E-state index in [1.54, 1.807) is 12.1 Å². The third-order valence-electron chi connectivity index (χ3n) is 4.19. The minimum absolute atomic E-state index is 0.362. The highest BCUT2D eigenvalue weighted by atomic mass is 79.9. The first-order chi connectivity index (χ1) is 13.1. The quantitative estimate of drug-likeness (QED) is 0.341. The molecule has 0 atom stereocenters. The minimum atomic E-state index is -0.414. The summed E-state index contributed by atoms with van der Waals surface area (Å²) in [5, 5.41) is 1.23. The summed E-state index contributed by atoms with van der Waals surface area (Å²) in [7, 11) is 0. The Hall–Kier alpha value is -2.56. The van der Waals surface area contributed by atoms with Gasteiger partial charge in [-0.05, 0) is 34.9 Å². The Kier molecular flexibility index (Phi) is 5.01. The molecule has 27 heavy (non-hydrogen) atoms. The van der Waals surface area contributed by atoms with Gasteiger partial charge in [-0.2, -0.15) is 0 Å². The maximum absolute atomic E-state index is 12.0. The summed E-state index contributed by atoms with van der Waals surface area (Å²) in [6.07, 6.45) is 0. The van der Waals surface area contributed by atoms with Gasteiger partial charge in [0.2, 0.25) is 0 Å². The molecule has 1 aromatic heterocycles. The summed E-state index contributed by atoms with van der Waals surface area (Å²) in [6, 6.07) is 22.4. The Morgan fingerprint density at radius 2 is 1.70 bits per heavy atom. The lowest BCUT2D eigenvalue weighted by atomic mass is 10.0. The highest BCUT2D eigenvalue weighted by molar-refractivity contribution is 9.10. The summed E-state index contributed by atoms with van der Waals surface area (Å²) >= 11 is 9.85. The molecule has 0 saturated heterocycles. The Balaban J connectivity index is 1.73. The molecule has 0 saturated carbocycles. The van der Waals surface area contributed by atoms with Crippen LogP contribution in [0.25, 0.3) is 22.1 Å². The summed E-state index contributed by atoms with van der Waals surface area (Å²) in [5.74, 6) is 0.473. The standard InChI is InChI=1S/C22H14BrClO3/c23-16-8-6-14(7-9-16)13-26-21-12-20-18(10-19(21)24)17(11-22(25)27-20)15-4-2-1-3-5-15/h1-12H,13H2. The SMILES string of the molecule is O=c1cc(-c2ccccc2)c2cc(Cl)c(OCc3ccc(Br)cc3)cc2o1. The molecule has 3 aromatic carbocycles. The molecule has 5 heteroatoms. The Labute approximate surface area is 169 Å². The van der Waals surface area contributed by atoms with Crippen LogP contribution in [0.4, 0.5) is 0 Å². The molecular formula is C22H14BrClO3. The van der Waals surface area contributed by atoms with Crippen molar-refractivity contribution in [1.82, 2.24) is 0 Å². The molecule has 0 fully saturated rings. The number of ether oxygens (including phenoxy) is 1. The van der Waals surface area contributed by atoms with Gasteiger partial charge in [-0.25, -0.2) is 4.79 Å². The zero-order valence-electron chi connectivity index (χ0n) is 14.1. The fourth-order valence-electron chi connectivity index (χ4n) is 2.87. The van der Waals surface area contributed by atoms with Gasteiger partial charge in [0.05, 0.1) is 5.02 Å². The minimum Gasteiger partial charge on any atom is -0.487 e. The number of hydrogen-bond acceptors (Lipinski definition) is 3. The summed E-state index contributed by atoms with van der Waals surface area (Å²) < 4.78 is 12.2. The van der Waals surface area contributed by atoms with Crippen molar-refractivity contribution in [2.45, 2.75) is 6.61 Å². The molecule has 0 aliphatic heterocycles. The Morgan fingerprint density at radius 1 is 0.963 bits per heavy atom. The van der Waals surface area contributed by atoms with Crippen molar-refractivity contribution in [1.29, 1.82) is 0 Å². The molecule has 0 N–H and O–H groups in total. The largest absolute Gasteiger partial charge is 0.487 e. The predicted octanol–water partition coefficient (Wildman–Crippen LogP) is 6.45. The summed E-state index contributed by atoms with van der Waals surface area (Å²) in [5.41, 5.74) is 2.74. The molecule has 0 amide bonds. The van der Waals surface area contributed by atoms with Crippen molar-refractivity contribution in [2.24, 2.45) is 0 Å². The maximum atomic E-state index is 12.0. The van der Waals surface area contributed by atoms with Crippen LogP contribution in [0.2, 0.25) is 5.02 Å². The van der Waals surface area contributed by atoms with Crippen molar-refractivity contribution in [3.8, 4) is 16.9 Å². The average molecular weight is 442 g/mol. The smallest absolute Gasteiger partial charge is 0.336 e. The fourth-order valence-corrected chi connectivity index (χ4v) is 3.35. The first kappa shape index (κ1) is 17.8. The van der Waals surface area contributed by atoms with Crippen molar-refractivity contribution in [3.05, 3.63) is 98.3 Å². The van der Waals surface area contributed by atoms with Gasteiger partial charge >= 0.3 is 5.63 Å². The number of halogens is 2. The third-order valence-corrected chi connectivity index (χ3v) is 5.01. The number of benzene rings is 3. The topological polar surface area (TPSA) is 39.4 Å². The monoisotopic (exact) mass is 440 g/mol. The predicted molar refractivity (Wildman–Crippen MR) is 111 cm³/mol. The Morgan fingerprint density at radius 3 is 2.44 bits per heavy atom. The summed E-state index contributed by atoms with van der Waals surface area (Å²) in [4.78, 5) is 12.0. The first-order valence-electron chi connectivity index (χ1n) is 8.30. The van der Waals surface area contributed by atoms with E-state index in [2.05, 4.69) is 15.9 Å². The van der Waals surface area contributed by atoms with E-state index in [-0.39, 0.29) is 0 Å². The maximum Gasteiger partial charge on any atom is 0.336 e. The Bertz CT molecular complexity index is 1150. The molecule has 0 aliphatic carbocycles. The van der Waals surface area contributed by atoms with Gasteiger partial charge in [-0.3, -0.25) is 0 Å². The van der Waals surface area contributed by atoms with Crippen LogP contribution in [0, 0.1) is 0 Å². The van der Waals surface area contributed by atoms with E-state index < -0.39 is 5.63 Å². The van der Waals surface area contributed by atoms with E-state index >= 15 is 0 Å². The van der Waals surface area contributed by atoms with Gasteiger partial charge in [0.25, 0.3) is 0 Å². The molecule has 0 unspecified atom stereocenters. The van der Waals surface area contributed by atoms with Gasteiger partial charge < -0.3 is 9.15 Å². The van der Waals surface area contributed by atoms with Gasteiger partial charge in [-0.15, -0.1) is 0 Å². The lowest BCUT2D eigenvalue weighted by Crippen LogP contribution is -2.00. The van der Waals surface area contributed by atoms with Gasteiger partial charge in [-0.1, -0.05) is 70.0 Å². The van der Waals surface area contributed by atoms with Crippen molar-refractivity contribution < 1.29 is 9.15 Å². The van der Waals surface area contributed by atoms with Crippen molar-refractivity contribution in [2.75, 3.05) is 0 Å². The third kappa shape index (κ3) is 3.92. The molecular weight excluding hydrogens is 428 g/mol. The second kappa shape index (κ2) is 7.59. The van der Waals surface area contributed by atoms with E-state index in [1.807, 2.05) is 54.6 Å². The molecule has 1 heterocycles. The van der Waals surface area contributed by atoms with E-state index in [9.17, 15) is 4.79 Å². The molecule has 0 bridgehead atoms. The lowest BCUT2D eigenvalue weighted by Gasteiger charge is -2.11. The second-order valence-electron chi connectivity index (χ2n) is 6.04. The van der Waals surface area contributed by atoms with Gasteiger partial charge in [0.15, 0.2) is 0 Å². The average Bonchev–Trinajstić information content (AvgIpc) is 2.68. The normalized spacial score (nSPS) is 10.9. The molecule has 4 rings (SSSR count). The van der Waals surface area contributed by atoms with Gasteiger partial charge in [0, 0.05) is 22.0 Å². The van der Waals surface area contributed by atoms with E-state index in [4.69, 9.17) is 20.8 Å². The zero-order valence-corrected chi connectivity index (χ0v) is 16.5. The molecule has 3 nitrogen and oxygen atoms in total. The van der Waals surface area contributed by atoms with Crippen LogP contribution in [0.1, 0.15) is 5.56 Å². The molecule has 134 valence electrons. The zero-order chi connectivity index (χ0) is 18.8. The molecule has 0 spiro atoms. The number of fused-ring (bicyclic) bond motifs is 1. The second-order valence-corrected chi connectivity index (χ2v) is 7.36. The molecule has 0 radical (unpaired) electrons. The van der Waals surface area contributed by atoms with Crippen LogP contribution in [-0.4, -0.2) is 0 Å². The van der Waals surface area contributed by atoms with Gasteiger partial charge in [0.1, 0.15) is 17.9 Å². The fraction of sp³-hybridized carbons (Fsp3) is 0.0455. The van der Waals surface area contributed by atoms with E-state index in [0.29, 0.717) is 23.0 Å². The van der Waals surface area contributed by atoms with Crippen LogP contribution in [0.5, 0.6) is 5.75 Å². The van der Waals surface area contributed by atoms with Crippen LogP contribution in [0.3, 0.4) is 0 Å². The summed E-state index contributed by atoms with van der Waals surface area (Å²) in [6.45, 7) is 0.362. The van der Waals surface area contributed by atoms with Crippen LogP contribution in [0.15, 0.2) is 86.5 Å². The molecule has 4 aromatic rings. The lowest BCUT2D eigenvalue weighted by molar-refractivity contribution is 0.306. The number of rotatable bonds is 4. The van der Waals surface area contributed by atoms with E-state index in [0.717, 1.165) is 26.5 Å². The van der Waals surface area contributed by atoms with Crippen molar-refractivity contribution in [3.63, 3.8) is 0 Å². The van der Waals surface area contributed by atoms with E-state index in [1.165, 1.54) is 6.07 Å². The number of hydrogen-bond donors (Lipinski definition) is 0. The van der Waals surface area contributed by atoms with Crippen LogP contribution >= 0.6 is 27.5 Å². The van der Waals surface area contributed by atoms with Crippen LogP contribution < -0.4 is 10.4 Å². The highest BCUT2D eigenvalue weighted by Gasteiger charge is 2.12. The molecule has 0 aliphatic rings. The highest BCUT2D eigenvalue weighted by Crippen LogP contribution is 2.35. The van der Waals surface area contributed by atoms with Crippen molar-refractivity contribution >= 4 is 38.5 Å².